The van der Waals surface area contributed by atoms with E-state index in [1.54, 1.807) is 23.8 Å². The van der Waals surface area contributed by atoms with Crippen molar-refractivity contribution in [2.75, 3.05) is 13.7 Å². The van der Waals surface area contributed by atoms with E-state index in [1.165, 1.54) is 0 Å². The summed E-state index contributed by atoms with van der Waals surface area (Å²) < 4.78 is 12.1. The lowest BCUT2D eigenvalue weighted by molar-refractivity contribution is -0.144. The Labute approximate surface area is 134 Å². The Morgan fingerprint density at radius 3 is 2.65 bits per heavy atom. The number of benzene rings is 1. The minimum Gasteiger partial charge on any atom is -0.497 e. The van der Waals surface area contributed by atoms with Gasteiger partial charge in [-0.3, -0.25) is 9.59 Å². The number of nitrogens with zero attached hydrogens (tertiary/aromatic N) is 1. The summed E-state index contributed by atoms with van der Waals surface area (Å²) in [5, 5.41) is 9.94. The van der Waals surface area contributed by atoms with Crippen LogP contribution >= 0.6 is 0 Å². The highest BCUT2D eigenvalue weighted by Gasteiger charge is 2.19. The molecule has 0 amide bonds. The van der Waals surface area contributed by atoms with Gasteiger partial charge < -0.3 is 19.1 Å². The normalized spacial score (nSPS) is 10.7. The molecule has 0 atom stereocenters. The van der Waals surface area contributed by atoms with Crippen molar-refractivity contribution in [2.24, 2.45) is 0 Å². The lowest BCUT2D eigenvalue weighted by Gasteiger charge is -2.08. The fraction of sp³-hybridized carbons (Fsp3) is 0.412. The molecule has 0 aliphatic rings. The fourth-order valence-electron chi connectivity index (χ4n) is 2.63. The zero-order chi connectivity index (χ0) is 17.0. The van der Waals surface area contributed by atoms with Crippen LogP contribution in [0.1, 0.15) is 24.6 Å². The quantitative estimate of drug-likeness (QED) is 0.794. The van der Waals surface area contributed by atoms with Crippen molar-refractivity contribution in [2.45, 2.75) is 33.2 Å². The van der Waals surface area contributed by atoms with Crippen LogP contribution in [-0.2, 0) is 27.3 Å². The standard InChI is InChI=1S/C17H21NO5/c1-4-7-23-17(21)10-18-11(2)13(9-16(19)20)14-8-12(22-3)5-6-15(14)18/h5-6,8H,4,7,9-10H2,1-3H3,(H,19,20). The van der Waals surface area contributed by atoms with E-state index in [2.05, 4.69) is 0 Å². The highest BCUT2D eigenvalue weighted by molar-refractivity contribution is 5.91. The number of esters is 1. The monoisotopic (exact) mass is 319 g/mol. The molecule has 0 radical (unpaired) electrons. The average molecular weight is 319 g/mol. The van der Waals surface area contributed by atoms with Gasteiger partial charge in [-0.15, -0.1) is 0 Å². The van der Waals surface area contributed by atoms with E-state index in [1.807, 2.05) is 19.9 Å². The van der Waals surface area contributed by atoms with Crippen LogP contribution in [0.25, 0.3) is 10.9 Å². The number of aliphatic carboxylic acids is 1. The maximum atomic E-state index is 11.9. The first-order chi connectivity index (χ1) is 11.0. The molecule has 6 nitrogen and oxygen atoms in total. The molecular formula is C17H21NO5. The molecule has 6 heteroatoms. The van der Waals surface area contributed by atoms with Crippen LogP contribution in [0.4, 0.5) is 0 Å². The molecule has 1 N–H and O–H groups in total. The number of carbonyl (C=O) groups excluding carboxylic acids is 1. The van der Waals surface area contributed by atoms with Gasteiger partial charge in [0, 0.05) is 16.6 Å². The molecule has 0 unspecified atom stereocenters. The van der Waals surface area contributed by atoms with Crippen molar-refractivity contribution in [1.29, 1.82) is 0 Å². The molecule has 0 bridgehead atoms. The second kappa shape index (κ2) is 7.17. The first-order valence-corrected chi connectivity index (χ1v) is 7.51. The molecule has 0 spiro atoms. The Morgan fingerprint density at radius 2 is 2.04 bits per heavy atom. The molecule has 1 aromatic carbocycles. The highest BCUT2D eigenvalue weighted by Crippen LogP contribution is 2.30. The van der Waals surface area contributed by atoms with Crippen LogP contribution in [0, 0.1) is 6.92 Å². The zero-order valence-corrected chi connectivity index (χ0v) is 13.6. The third-order valence-corrected chi connectivity index (χ3v) is 3.74. The molecule has 124 valence electrons. The van der Waals surface area contributed by atoms with Gasteiger partial charge >= 0.3 is 11.9 Å². The van der Waals surface area contributed by atoms with E-state index in [0.717, 1.165) is 23.0 Å². The van der Waals surface area contributed by atoms with Crippen LogP contribution in [-0.4, -0.2) is 35.3 Å². The van der Waals surface area contributed by atoms with Crippen molar-refractivity contribution in [3.8, 4) is 5.75 Å². The Hall–Kier alpha value is -2.50. The first kappa shape index (κ1) is 16.9. The third-order valence-electron chi connectivity index (χ3n) is 3.74. The van der Waals surface area contributed by atoms with Gasteiger partial charge in [-0.25, -0.2) is 0 Å². The number of hydrogen-bond donors (Lipinski definition) is 1. The van der Waals surface area contributed by atoms with Crippen molar-refractivity contribution in [1.82, 2.24) is 4.57 Å². The van der Waals surface area contributed by atoms with E-state index in [-0.39, 0.29) is 18.9 Å². The number of fused-ring (bicyclic) bond motifs is 1. The highest BCUT2D eigenvalue weighted by atomic mass is 16.5. The summed E-state index contributed by atoms with van der Waals surface area (Å²) in [6.45, 7) is 4.19. The molecule has 1 aromatic heterocycles. The summed E-state index contributed by atoms with van der Waals surface area (Å²) in [4.78, 5) is 23.1. The van der Waals surface area contributed by atoms with E-state index >= 15 is 0 Å². The minimum atomic E-state index is -0.913. The number of methoxy groups -OCH3 is 1. The summed E-state index contributed by atoms with van der Waals surface area (Å²) in [6.07, 6.45) is 0.658. The van der Waals surface area contributed by atoms with Crippen LogP contribution < -0.4 is 4.74 Å². The number of carboxylic acids is 1. The van der Waals surface area contributed by atoms with Crippen LogP contribution in [0.2, 0.25) is 0 Å². The third kappa shape index (κ3) is 3.64. The smallest absolute Gasteiger partial charge is 0.325 e. The minimum absolute atomic E-state index is 0.0638. The zero-order valence-electron chi connectivity index (χ0n) is 13.6. The number of rotatable bonds is 7. The summed E-state index contributed by atoms with van der Waals surface area (Å²) in [5.41, 5.74) is 2.24. The van der Waals surface area contributed by atoms with Crippen molar-refractivity contribution >= 4 is 22.8 Å². The van der Waals surface area contributed by atoms with Gasteiger partial charge in [-0.05, 0) is 37.1 Å². The SMILES string of the molecule is CCCOC(=O)Cn1c(C)c(CC(=O)O)c2cc(OC)ccc21. The summed E-state index contributed by atoms with van der Waals surface area (Å²) in [5.74, 6) is -0.595. The summed E-state index contributed by atoms with van der Waals surface area (Å²) >= 11 is 0. The lowest BCUT2D eigenvalue weighted by atomic mass is 10.1. The van der Waals surface area contributed by atoms with Crippen molar-refractivity contribution < 1.29 is 24.2 Å². The maximum Gasteiger partial charge on any atom is 0.325 e. The van der Waals surface area contributed by atoms with E-state index in [4.69, 9.17) is 14.6 Å². The second-order valence-electron chi connectivity index (χ2n) is 5.32. The number of carboxylic acid groups (broad SMARTS) is 1. The Balaban J connectivity index is 2.49. The number of aromatic nitrogens is 1. The van der Waals surface area contributed by atoms with Gasteiger partial charge in [-0.1, -0.05) is 6.92 Å². The molecule has 0 fully saturated rings. The number of ether oxygens (including phenoxy) is 2. The van der Waals surface area contributed by atoms with Crippen LogP contribution in [0.15, 0.2) is 18.2 Å². The number of carbonyl (C=O) groups is 2. The average Bonchev–Trinajstić information content (AvgIpc) is 2.77. The van der Waals surface area contributed by atoms with Crippen molar-refractivity contribution in [3.05, 3.63) is 29.5 Å². The maximum absolute atomic E-state index is 11.9. The van der Waals surface area contributed by atoms with Gasteiger partial charge in [0.2, 0.25) is 0 Å². The van der Waals surface area contributed by atoms with Gasteiger partial charge in [0.25, 0.3) is 0 Å². The second-order valence-corrected chi connectivity index (χ2v) is 5.32. The van der Waals surface area contributed by atoms with Crippen molar-refractivity contribution in [3.63, 3.8) is 0 Å². The van der Waals surface area contributed by atoms with Gasteiger partial charge in [-0.2, -0.15) is 0 Å². The fourth-order valence-corrected chi connectivity index (χ4v) is 2.63. The molecule has 23 heavy (non-hydrogen) atoms. The Bertz CT molecular complexity index is 732. The predicted octanol–water partition coefficient (Wildman–Crippen LogP) is 2.54. The lowest BCUT2D eigenvalue weighted by Crippen LogP contribution is -2.15. The van der Waals surface area contributed by atoms with E-state index < -0.39 is 5.97 Å². The topological polar surface area (TPSA) is 77.8 Å². The molecule has 0 saturated heterocycles. The van der Waals surface area contributed by atoms with Crippen LogP contribution in [0.3, 0.4) is 0 Å². The largest absolute Gasteiger partial charge is 0.497 e. The molecular weight excluding hydrogens is 298 g/mol. The molecule has 1 heterocycles. The van der Waals surface area contributed by atoms with Gasteiger partial charge in [0.15, 0.2) is 0 Å². The van der Waals surface area contributed by atoms with Gasteiger partial charge in [0.05, 0.1) is 20.1 Å². The molecule has 0 saturated carbocycles. The van der Waals surface area contributed by atoms with Crippen LogP contribution in [0.5, 0.6) is 5.75 Å². The molecule has 0 aliphatic carbocycles. The molecule has 2 aromatic rings. The predicted molar refractivity (Wildman–Crippen MR) is 85.8 cm³/mol. The summed E-state index contributed by atoms with van der Waals surface area (Å²) in [7, 11) is 1.56. The Morgan fingerprint density at radius 1 is 1.30 bits per heavy atom. The summed E-state index contributed by atoms with van der Waals surface area (Å²) in [6, 6.07) is 5.42. The van der Waals surface area contributed by atoms with Gasteiger partial charge in [0.1, 0.15) is 12.3 Å². The number of hydrogen-bond acceptors (Lipinski definition) is 4. The molecule has 0 aliphatic heterocycles. The molecule has 2 rings (SSSR count). The Kier molecular flexibility index (Phi) is 5.26. The van der Waals surface area contributed by atoms with E-state index in [9.17, 15) is 9.59 Å². The first-order valence-electron chi connectivity index (χ1n) is 7.51. The van der Waals surface area contributed by atoms with E-state index in [0.29, 0.717) is 17.9 Å².